The van der Waals surface area contributed by atoms with Gasteiger partial charge in [-0.25, -0.2) is 4.98 Å². The molecule has 1 aliphatic rings. The minimum Gasteiger partial charge on any atom is -0.370 e. The largest absolute Gasteiger partial charge is 0.370 e. The van der Waals surface area contributed by atoms with Gasteiger partial charge in [0.05, 0.1) is 0 Å². The van der Waals surface area contributed by atoms with Crippen LogP contribution in [0.25, 0.3) is 0 Å². The molecule has 1 fully saturated rings. The number of nitrogens with zero attached hydrogens (tertiary/aromatic N) is 2. The van der Waals surface area contributed by atoms with Crippen molar-refractivity contribution in [1.29, 1.82) is 0 Å². The Morgan fingerprint density at radius 1 is 1.50 bits per heavy atom. The highest BCUT2D eigenvalue weighted by Gasteiger charge is 2.24. The highest BCUT2D eigenvalue weighted by molar-refractivity contribution is 5.92. The Morgan fingerprint density at radius 3 is 3.00 bits per heavy atom. The molecule has 5 nitrogen and oxygen atoms in total. The molecular weight excluding hydrogens is 252 g/mol. The Bertz CT molecular complexity index is 463. The third kappa shape index (κ3) is 3.70. The van der Waals surface area contributed by atoms with Gasteiger partial charge in [-0.15, -0.1) is 0 Å². The number of likely N-dealkylation sites (tertiary alicyclic amines) is 1. The zero-order valence-corrected chi connectivity index (χ0v) is 12.5. The van der Waals surface area contributed by atoms with Crippen LogP contribution in [0.2, 0.25) is 0 Å². The van der Waals surface area contributed by atoms with Gasteiger partial charge in [0, 0.05) is 25.2 Å². The van der Waals surface area contributed by atoms with Gasteiger partial charge in [-0.3, -0.25) is 4.79 Å². The number of pyridine rings is 1. The molecule has 5 heteroatoms. The summed E-state index contributed by atoms with van der Waals surface area (Å²) in [7, 11) is 2.13. The fraction of sp³-hybridized carbons (Fsp3) is 0.600. The van der Waals surface area contributed by atoms with E-state index >= 15 is 0 Å². The van der Waals surface area contributed by atoms with Gasteiger partial charge in [-0.1, -0.05) is 6.07 Å². The minimum atomic E-state index is -0.0773. The molecule has 2 unspecified atom stereocenters. The van der Waals surface area contributed by atoms with Crippen LogP contribution in [0.5, 0.6) is 0 Å². The maximum Gasteiger partial charge on any atom is 0.270 e. The molecule has 0 radical (unpaired) electrons. The summed E-state index contributed by atoms with van der Waals surface area (Å²) in [4.78, 5) is 18.9. The van der Waals surface area contributed by atoms with Crippen LogP contribution in [0.15, 0.2) is 18.2 Å². The van der Waals surface area contributed by atoms with Gasteiger partial charge in [-0.05, 0) is 45.9 Å². The normalized spacial score (nSPS) is 23.4. The number of anilines is 1. The fourth-order valence-electron chi connectivity index (χ4n) is 2.52. The first kappa shape index (κ1) is 14.8. The van der Waals surface area contributed by atoms with E-state index in [1.54, 1.807) is 6.07 Å². The topological polar surface area (TPSA) is 57.3 Å². The smallest absolute Gasteiger partial charge is 0.270 e. The van der Waals surface area contributed by atoms with Crippen molar-refractivity contribution in [2.45, 2.75) is 38.8 Å². The predicted octanol–water partition coefficient (Wildman–Crippen LogP) is 1.73. The Morgan fingerprint density at radius 2 is 2.30 bits per heavy atom. The number of hydrogen-bond acceptors (Lipinski definition) is 4. The van der Waals surface area contributed by atoms with Crippen LogP contribution in [0.3, 0.4) is 0 Å². The monoisotopic (exact) mass is 276 g/mol. The molecule has 2 N–H and O–H groups in total. The van der Waals surface area contributed by atoms with Crippen LogP contribution < -0.4 is 10.6 Å². The second kappa shape index (κ2) is 6.70. The van der Waals surface area contributed by atoms with Gasteiger partial charge in [0.15, 0.2) is 0 Å². The van der Waals surface area contributed by atoms with E-state index < -0.39 is 0 Å². The van der Waals surface area contributed by atoms with E-state index in [1.165, 1.54) is 0 Å². The van der Waals surface area contributed by atoms with Crippen LogP contribution >= 0.6 is 0 Å². The third-order valence-corrected chi connectivity index (χ3v) is 3.88. The molecule has 0 aromatic carbocycles. The van der Waals surface area contributed by atoms with Gasteiger partial charge in [0.1, 0.15) is 11.5 Å². The molecule has 0 bridgehead atoms. The molecule has 2 heterocycles. The molecule has 0 spiro atoms. The number of amides is 1. The summed E-state index contributed by atoms with van der Waals surface area (Å²) in [5, 5.41) is 6.22. The lowest BCUT2D eigenvalue weighted by molar-refractivity contribution is 0.0891. The lowest BCUT2D eigenvalue weighted by atomic mass is 9.99. The number of piperidine rings is 1. The SMILES string of the molecule is CCNc1cccc(C(=O)NC2CCN(C)C(C)C2)n1. The first-order chi connectivity index (χ1) is 9.60. The molecule has 0 aliphatic carbocycles. The third-order valence-electron chi connectivity index (χ3n) is 3.88. The van der Waals surface area contributed by atoms with Crippen LogP contribution in [0.4, 0.5) is 5.82 Å². The molecule has 2 atom stereocenters. The number of nitrogens with one attached hydrogen (secondary N) is 2. The lowest BCUT2D eigenvalue weighted by Gasteiger charge is -2.35. The van der Waals surface area contributed by atoms with Crippen molar-refractivity contribution in [3.63, 3.8) is 0 Å². The van der Waals surface area contributed by atoms with E-state index in [4.69, 9.17) is 0 Å². The maximum atomic E-state index is 12.2. The Balaban J connectivity index is 1.96. The summed E-state index contributed by atoms with van der Waals surface area (Å²) in [6, 6.07) is 6.25. The van der Waals surface area contributed by atoms with E-state index in [0.717, 1.165) is 31.7 Å². The average molecular weight is 276 g/mol. The van der Waals surface area contributed by atoms with Crippen molar-refractivity contribution in [3.8, 4) is 0 Å². The van der Waals surface area contributed by atoms with Gasteiger partial charge in [-0.2, -0.15) is 0 Å². The summed E-state index contributed by atoms with van der Waals surface area (Å²) in [5.74, 6) is 0.670. The van der Waals surface area contributed by atoms with Crippen LogP contribution in [0, 0.1) is 0 Å². The Hall–Kier alpha value is -1.62. The number of carbonyl (C=O) groups excluding carboxylic acids is 1. The van der Waals surface area contributed by atoms with Gasteiger partial charge in [0.25, 0.3) is 5.91 Å². The molecular formula is C15H24N4O. The molecule has 1 saturated heterocycles. The van der Waals surface area contributed by atoms with Crippen LogP contribution in [-0.2, 0) is 0 Å². The van der Waals surface area contributed by atoms with Gasteiger partial charge < -0.3 is 15.5 Å². The molecule has 1 aliphatic heterocycles. The zero-order chi connectivity index (χ0) is 14.5. The highest BCUT2D eigenvalue weighted by Crippen LogP contribution is 2.15. The summed E-state index contributed by atoms with van der Waals surface area (Å²) in [6.07, 6.45) is 1.99. The molecule has 2 rings (SSSR count). The maximum absolute atomic E-state index is 12.2. The summed E-state index contributed by atoms with van der Waals surface area (Å²) in [5.41, 5.74) is 0.482. The van der Waals surface area contributed by atoms with Gasteiger partial charge >= 0.3 is 0 Å². The molecule has 0 saturated carbocycles. The second-order valence-corrected chi connectivity index (χ2v) is 5.46. The van der Waals surface area contributed by atoms with Gasteiger partial charge in [0.2, 0.25) is 0 Å². The molecule has 1 aromatic heterocycles. The van der Waals surface area contributed by atoms with Crippen molar-refractivity contribution in [2.75, 3.05) is 25.5 Å². The predicted molar refractivity (Wildman–Crippen MR) is 81.0 cm³/mol. The summed E-state index contributed by atoms with van der Waals surface area (Å²) in [6.45, 7) is 6.03. The van der Waals surface area contributed by atoms with Crippen molar-refractivity contribution < 1.29 is 4.79 Å². The Labute approximate surface area is 120 Å². The van der Waals surface area contributed by atoms with E-state index in [9.17, 15) is 4.79 Å². The summed E-state index contributed by atoms with van der Waals surface area (Å²) >= 11 is 0. The number of carbonyl (C=O) groups is 1. The van der Waals surface area contributed by atoms with Crippen molar-refractivity contribution in [2.24, 2.45) is 0 Å². The molecule has 20 heavy (non-hydrogen) atoms. The molecule has 1 amide bonds. The highest BCUT2D eigenvalue weighted by atomic mass is 16.1. The average Bonchev–Trinajstić information content (AvgIpc) is 2.43. The first-order valence-electron chi connectivity index (χ1n) is 7.32. The fourth-order valence-corrected chi connectivity index (χ4v) is 2.52. The quantitative estimate of drug-likeness (QED) is 0.879. The Kier molecular flexibility index (Phi) is 4.95. The minimum absolute atomic E-state index is 0.0773. The van der Waals surface area contributed by atoms with E-state index in [0.29, 0.717) is 11.7 Å². The molecule has 110 valence electrons. The zero-order valence-electron chi connectivity index (χ0n) is 12.5. The summed E-state index contributed by atoms with van der Waals surface area (Å²) < 4.78 is 0. The van der Waals surface area contributed by atoms with Crippen LogP contribution in [-0.4, -0.2) is 48.0 Å². The molecule has 1 aromatic rings. The van der Waals surface area contributed by atoms with E-state index in [1.807, 2.05) is 19.1 Å². The number of rotatable bonds is 4. The number of aromatic nitrogens is 1. The van der Waals surface area contributed by atoms with Crippen molar-refractivity contribution >= 4 is 11.7 Å². The van der Waals surface area contributed by atoms with E-state index in [2.05, 4.69) is 34.5 Å². The standard InChI is InChI=1S/C15H24N4O/c1-4-16-14-7-5-6-13(18-14)15(20)17-12-8-9-19(3)11(2)10-12/h5-7,11-12H,4,8-10H2,1-3H3,(H,16,18)(H,17,20). The van der Waals surface area contributed by atoms with Crippen molar-refractivity contribution in [1.82, 2.24) is 15.2 Å². The van der Waals surface area contributed by atoms with Crippen molar-refractivity contribution in [3.05, 3.63) is 23.9 Å². The van der Waals surface area contributed by atoms with E-state index in [-0.39, 0.29) is 11.9 Å². The number of hydrogen-bond donors (Lipinski definition) is 2. The second-order valence-electron chi connectivity index (χ2n) is 5.46. The lowest BCUT2D eigenvalue weighted by Crippen LogP contribution is -2.47. The first-order valence-corrected chi connectivity index (χ1v) is 7.32. The van der Waals surface area contributed by atoms with Crippen LogP contribution in [0.1, 0.15) is 37.2 Å².